The van der Waals surface area contributed by atoms with Crippen molar-refractivity contribution in [2.45, 2.75) is 6.92 Å². The van der Waals surface area contributed by atoms with Crippen LogP contribution in [0.4, 0.5) is 0 Å². The number of nitrogens with zero attached hydrogens (tertiary/aromatic N) is 2. The standard InChI is InChI=1S/C15H12N4OS/c1-9-7-11-13(20-9)8-12(16-11)14-17-18-15(21)19(14)10-5-3-2-4-6-10/h2-8,16H,1H3,(H,18,21). The van der Waals surface area contributed by atoms with Crippen LogP contribution < -0.4 is 0 Å². The lowest BCUT2D eigenvalue weighted by molar-refractivity contribution is 0.579. The van der Waals surface area contributed by atoms with E-state index in [4.69, 9.17) is 16.6 Å². The van der Waals surface area contributed by atoms with Crippen LogP contribution in [0.1, 0.15) is 5.76 Å². The predicted molar refractivity (Wildman–Crippen MR) is 83.0 cm³/mol. The Hall–Kier alpha value is -2.60. The molecular formula is C15H12N4OS. The summed E-state index contributed by atoms with van der Waals surface area (Å²) < 4.78 is 8.07. The van der Waals surface area contributed by atoms with Gasteiger partial charge in [-0.15, -0.1) is 0 Å². The molecule has 4 rings (SSSR count). The Bertz CT molecular complexity index is 943. The molecule has 0 spiro atoms. The third kappa shape index (κ3) is 1.92. The van der Waals surface area contributed by atoms with Crippen LogP contribution in [0, 0.1) is 11.7 Å². The minimum absolute atomic E-state index is 0.554. The number of hydrogen-bond donors (Lipinski definition) is 2. The van der Waals surface area contributed by atoms with Gasteiger partial charge < -0.3 is 9.40 Å². The summed E-state index contributed by atoms with van der Waals surface area (Å²) >= 11 is 5.34. The zero-order chi connectivity index (χ0) is 14.4. The van der Waals surface area contributed by atoms with Gasteiger partial charge in [0, 0.05) is 12.1 Å². The lowest BCUT2D eigenvalue weighted by atomic mass is 10.3. The number of H-pyrrole nitrogens is 2. The van der Waals surface area contributed by atoms with Crippen molar-refractivity contribution in [2.75, 3.05) is 0 Å². The van der Waals surface area contributed by atoms with Gasteiger partial charge in [0.2, 0.25) is 0 Å². The van der Waals surface area contributed by atoms with Gasteiger partial charge in [0.05, 0.1) is 16.9 Å². The van der Waals surface area contributed by atoms with Gasteiger partial charge in [-0.3, -0.25) is 9.67 Å². The van der Waals surface area contributed by atoms with Crippen molar-refractivity contribution >= 4 is 23.3 Å². The van der Waals surface area contributed by atoms with Crippen LogP contribution in [-0.4, -0.2) is 19.7 Å². The lowest BCUT2D eigenvalue weighted by Gasteiger charge is -2.04. The highest BCUT2D eigenvalue weighted by Crippen LogP contribution is 2.26. The molecule has 0 aliphatic heterocycles. The number of nitrogens with one attached hydrogen (secondary N) is 2. The van der Waals surface area contributed by atoms with Crippen molar-refractivity contribution in [1.29, 1.82) is 0 Å². The molecule has 1 aromatic carbocycles. The number of furan rings is 1. The van der Waals surface area contributed by atoms with Crippen molar-refractivity contribution < 1.29 is 4.42 Å². The highest BCUT2D eigenvalue weighted by Gasteiger charge is 2.14. The smallest absolute Gasteiger partial charge is 0.200 e. The molecule has 0 saturated heterocycles. The van der Waals surface area contributed by atoms with Crippen molar-refractivity contribution in [3.63, 3.8) is 0 Å². The van der Waals surface area contributed by atoms with Crippen LogP contribution in [0.5, 0.6) is 0 Å². The van der Waals surface area contributed by atoms with E-state index in [0.29, 0.717) is 4.77 Å². The van der Waals surface area contributed by atoms with Crippen LogP contribution in [-0.2, 0) is 0 Å². The molecule has 0 unspecified atom stereocenters. The van der Waals surface area contributed by atoms with Crippen molar-refractivity contribution in [1.82, 2.24) is 19.7 Å². The molecule has 21 heavy (non-hydrogen) atoms. The molecular weight excluding hydrogens is 284 g/mol. The van der Waals surface area contributed by atoms with E-state index in [9.17, 15) is 0 Å². The summed E-state index contributed by atoms with van der Waals surface area (Å²) in [5.41, 5.74) is 3.60. The Morgan fingerprint density at radius 3 is 2.76 bits per heavy atom. The topological polar surface area (TPSA) is 62.5 Å². The van der Waals surface area contributed by atoms with E-state index in [-0.39, 0.29) is 0 Å². The van der Waals surface area contributed by atoms with Crippen molar-refractivity contribution in [2.24, 2.45) is 0 Å². The van der Waals surface area contributed by atoms with Crippen molar-refractivity contribution in [3.8, 4) is 17.2 Å². The second-order valence-electron chi connectivity index (χ2n) is 4.84. The molecule has 2 N–H and O–H groups in total. The summed E-state index contributed by atoms with van der Waals surface area (Å²) in [4.78, 5) is 3.31. The first-order chi connectivity index (χ1) is 10.2. The van der Waals surface area contributed by atoms with E-state index in [2.05, 4.69) is 15.2 Å². The molecule has 104 valence electrons. The van der Waals surface area contributed by atoms with Gasteiger partial charge in [0.15, 0.2) is 16.2 Å². The second kappa shape index (κ2) is 4.46. The molecule has 3 aromatic heterocycles. The maximum absolute atomic E-state index is 5.62. The molecule has 3 heterocycles. The van der Waals surface area contributed by atoms with Gasteiger partial charge in [0.1, 0.15) is 5.76 Å². The molecule has 0 atom stereocenters. The van der Waals surface area contributed by atoms with Crippen LogP contribution in [0.25, 0.3) is 28.3 Å². The normalized spacial score (nSPS) is 11.3. The van der Waals surface area contributed by atoms with E-state index in [0.717, 1.165) is 34.1 Å². The van der Waals surface area contributed by atoms with Crippen LogP contribution >= 0.6 is 12.2 Å². The van der Waals surface area contributed by atoms with Gasteiger partial charge in [-0.1, -0.05) is 18.2 Å². The molecule has 0 amide bonds. The molecule has 5 nitrogen and oxygen atoms in total. The summed E-state index contributed by atoms with van der Waals surface area (Å²) in [6.45, 7) is 1.92. The molecule has 0 fully saturated rings. The quantitative estimate of drug-likeness (QED) is 0.550. The van der Waals surface area contributed by atoms with E-state index in [1.807, 2.05) is 54.0 Å². The number of aryl methyl sites for hydroxylation is 1. The average molecular weight is 296 g/mol. The predicted octanol–water partition coefficient (Wildman–Crippen LogP) is 3.98. The number of fused-ring (bicyclic) bond motifs is 1. The minimum atomic E-state index is 0.554. The molecule has 0 aliphatic carbocycles. The number of hydrogen-bond acceptors (Lipinski definition) is 3. The largest absolute Gasteiger partial charge is 0.460 e. The molecule has 6 heteroatoms. The fraction of sp³-hybridized carbons (Fsp3) is 0.0667. The molecule has 0 bridgehead atoms. The summed E-state index contributed by atoms with van der Waals surface area (Å²) in [7, 11) is 0. The third-order valence-electron chi connectivity index (χ3n) is 3.36. The first-order valence-corrected chi connectivity index (χ1v) is 6.95. The third-order valence-corrected chi connectivity index (χ3v) is 3.63. The highest BCUT2D eigenvalue weighted by atomic mass is 32.1. The maximum Gasteiger partial charge on any atom is 0.200 e. The van der Waals surface area contributed by atoms with E-state index in [1.165, 1.54) is 0 Å². The molecule has 0 radical (unpaired) electrons. The van der Waals surface area contributed by atoms with E-state index in [1.54, 1.807) is 0 Å². The highest BCUT2D eigenvalue weighted by molar-refractivity contribution is 7.71. The molecule has 4 aromatic rings. The first kappa shape index (κ1) is 12.2. The molecule has 0 saturated carbocycles. The van der Waals surface area contributed by atoms with E-state index >= 15 is 0 Å². The summed E-state index contributed by atoms with van der Waals surface area (Å²) in [6.07, 6.45) is 0. The van der Waals surface area contributed by atoms with Gasteiger partial charge >= 0.3 is 0 Å². The molecule has 0 aliphatic rings. The number of rotatable bonds is 2. The van der Waals surface area contributed by atoms with Crippen LogP contribution in [0.15, 0.2) is 46.9 Å². The Labute approximate surface area is 125 Å². The fourth-order valence-corrected chi connectivity index (χ4v) is 2.70. The van der Waals surface area contributed by atoms with Crippen LogP contribution in [0.3, 0.4) is 0 Å². The summed E-state index contributed by atoms with van der Waals surface area (Å²) in [6, 6.07) is 13.8. The van der Waals surface area contributed by atoms with E-state index < -0.39 is 0 Å². The van der Waals surface area contributed by atoms with Crippen LogP contribution in [0.2, 0.25) is 0 Å². The van der Waals surface area contributed by atoms with Crippen molar-refractivity contribution in [3.05, 3.63) is 53.0 Å². The number of benzene rings is 1. The average Bonchev–Trinajstić information content (AvgIpc) is 3.12. The maximum atomic E-state index is 5.62. The Balaban J connectivity index is 1.93. The zero-order valence-electron chi connectivity index (χ0n) is 11.3. The Morgan fingerprint density at radius 1 is 1.19 bits per heavy atom. The minimum Gasteiger partial charge on any atom is -0.460 e. The first-order valence-electron chi connectivity index (χ1n) is 6.55. The monoisotopic (exact) mass is 296 g/mol. The number of para-hydroxylation sites is 1. The van der Waals surface area contributed by atoms with Gasteiger partial charge in [-0.25, -0.2) is 0 Å². The Morgan fingerprint density at radius 2 is 2.00 bits per heavy atom. The lowest BCUT2D eigenvalue weighted by Crippen LogP contribution is -1.97. The Kier molecular flexibility index (Phi) is 2.58. The van der Waals surface area contributed by atoms with Gasteiger partial charge in [-0.05, 0) is 31.3 Å². The number of aromatic amines is 2. The van der Waals surface area contributed by atoms with Gasteiger partial charge in [-0.2, -0.15) is 5.10 Å². The second-order valence-corrected chi connectivity index (χ2v) is 5.23. The SMILES string of the molecule is Cc1cc2[nH]c(-c3n[nH]c(=S)n3-c3ccccc3)cc2o1. The fourth-order valence-electron chi connectivity index (χ4n) is 2.46. The summed E-state index contributed by atoms with van der Waals surface area (Å²) in [5, 5.41) is 7.18. The number of aromatic nitrogens is 4. The zero-order valence-corrected chi connectivity index (χ0v) is 12.1. The van der Waals surface area contributed by atoms with Gasteiger partial charge in [0.25, 0.3) is 0 Å². The summed E-state index contributed by atoms with van der Waals surface area (Å²) in [5.74, 6) is 1.61.